The Balaban J connectivity index is 2.97. The number of rotatable bonds is 4. The monoisotopic (exact) mass is 236 g/mol. The zero-order chi connectivity index (χ0) is 12.8. The van der Waals surface area contributed by atoms with Gasteiger partial charge in [-0.15, -0.1) is 0 Å². The van der Waals surface area contributed by atoms with Crippen molar-refractivity contribution in [3.8, 4) is 11.8 Å². The average Bonchev–Trinajstić information content (AvgIpc) is 2.35. The SMILES string of the molecule is CCN(CC#N)C(=O)c1ccc(OC)c(F)c1. The van der Waals surface area contributed by atoms with E-state index < -0.39 is 5.82 Å². The van der Waals surface area contributed by atoms with Crippen molar-refractivity contribution < 1.29 is 13.9 Å². The van der Waals surface area contributed by atoms with Crippen molar-refractivity contribution in [2.75, 3.05) is 20.2 Å². The molecule has 0 aliphatic heterocycles. The molecule has 0 atom stereocenters. The van der Waals surface area contributed by atoms with Gasteiger partial charge in [0.1, 0.15) is 6.54 Å². The summed E-state index contributed by atoms with van der Waals surface area (Å²) in [6, 6.07) is 5.87. The molecule has 0 fully saturated rings. The van der Waals surface area contributed by atoms with E-state index in [0.717, 1.165) is 6.07 Å². The van der Waals surface area contributed by atoms with Gasteiger partial charge in [-0.05, 0) is 25.1 Å². The van der Waals surface area contributed by atoms with Crippen molar-refractivity contribution in [2.24, 2.45) is 0 Å². The van der Waals surface area contributed by atoms with Crippen molar-refractivity contribution >= 4 is 5.91 Å². The number of ether oxygens (including phenoxy) is 1. The molecule has 0 bridgehead atoms. The van der Waals surface area contributed by atoms with E-state index in [1.807, 2.05) is 6.07 Å². The Labute approximate surface area is 99.2 Å². The highest BCUT2D eigenvalue weighted by molar-refractivity contribution is 5.94. The molecule has 1 rings (SSSR count). The van der Waals surface area contributed by atoms with Crippen LogP contribution in [0.3, 0.4) is 0 Å². The fourth-order valence-electron chi connectivity index (χ4n) is 1.39. The predicted octanol–water partition coefficient (Wildman–Crippen LogP) is 1.82. The third kappa shape index (κ3) is 2.94. The summed E-state index contributed by atoms with van der Waals surface area (Å²) in [5.41, 5.74) is 0.209. The number of hydrogen-bond acceptors (Lipinski definition) is 3. The van der Waals surface area contributed by atoms with Crippen LogP contribution in [0.5, 0.6) is 5.75 Å². The normalized spacial score (nSPS) is 9.53. The Morgan fingerprint density at radius 2 is 2.29 bits per heavy atom. The van der Waals surface area contributed by atoms with E-state index in [1.165, 1.54) is 24.1 Å². The van der Waals surface area contributed by atoms with Crippen molar-refractivity contribution in [1.82, 2.24) is 4.90 Å². The molecule has 0 spiro atoms. The molecule has 0 aliphatic carbocycles. The van der Waals surface area contributed by atoms with Crippen LogP contribution < -0.4 is 4.74 Å². The number of amides is 1. The van der Waals surface area contributed by atoms with Crippen LogP contribution in [0.15, 0.2) is 18.2 Å². The van der Waals surface area contributed by atoms with Gasteiger partial charge in [0.25, 0.3) is 5.91 Å². The number of carbonyl (C=O) groups excluding carboxylic acids is 1. The summed E-state index contributed by atoms with van der Waals surface area (Å²) in [5.74, 6) is -0.869. The molecule has 90 valence electrons. The number of benzene rings is 1. The third-order valence-electron chi connectivity index (χ3n) is 2.33. The summed E-state index contributed by atoms with van der Waals surface area (Å²) < 4.78 is 18.2. The molecular formula is C12H13FN2O2. The Bertz CT molecular complexity index is 454. The van der Waals surface area contributed by atoms with Gasteiger partial charge in [-0.25, -0.2) is 4.39 Å². The highest BCUT2D eigenvalue weighted by Crippen LogP contribution is 2.18. The average molecular weight is 236 g/mol. The van der Waals surface area contributed by atoms with E-state index in [1.54, 1.807) is 6.92 Å². The topological polar surface area (TPSA) is 53.3 Å². The summed E-state index contributed by atoms with van der Waals surface area (Å²) in [5, 5.41) is 8.56. The Morgan fingerprint density at radius 3 is 2.76 bits per heavy atom. The lowest BCUT2D eigenvalue weighted by Crippen LogP contribution is -2.31. The van der Waals surface area contributed by atoms with Crippen LogP contribution in [0.2, 0.25) is 0 Å². The minimum atomic E-state index is -0.591. The smallest absolute Gasteiger partial charge is 0.254 e. The zero-order valence-corrected chi connectivity index (χ0v) is 9.74. The molecule has 17 heavy (non-hydrogen) atoms. The van der Waals surface area contributed by atoms with Gasteiger partial charge in [-0.2, -0.15) is 5.26 Å². The lowest BCUT2D eigenvalue weighted by Gasteiger charge is -2.17. The van der Waals surface area contributed by atoms with Crippen LogP contribution in [0.25, 0.3) is 0 Å². The van der Waals surface area contributed by atoms with E-state index in [4.69, 9.17) is 10.00 Å². The van der Waals surface area contributed by atoms with Gasteiger partial charge in [-0.1, -0.05) is 0 Å². The molecule has 1 amide bonds. The summed E-state index contributed by atoms with van der Waals surface area (Å²) >= 11 is 0. The molecular weight excluding hydrogens is 223 g/mol. The lowest BCUT2D eigenvalue weighted by atomic mass is 10.2. The first-order valence-electron chi connectivity index (χ1n) is 5.13. The predicted molar refractivity (Wildman–Crippen MR) is 60.1 cm³/mol. The van der Waals surface area contributed by atoms with Crippen molar-refractivity contribution in [3.05, 3.63) is 29.6 Å². The van der Waals surface area contributed by atoms with Gasteiger partial charge in [-0.3, -0.25) is 4.79 Å². The standard InChI is InChI=1S/C12H13FN2O2/c1-3-15(7-6-14)12(16)9-4-5-11(17-2)10(13)8-9/h4-5,8H,3,7H2,1-2H3. The summed E-state index contributed by atoms with van der Waals surface area (Å²) in [4.78, 5) is 13.2. The number of nitrogens with zero attached hydrogens (tertiary/aromatic N) is 2. The maximum absolute atomic E-state index is 13.4. The van der Waals surface area contributed by atoms with Crippen molar-refractivity contribution in [1.29, 1.82) is 5.26 Å². The zero-order valence-electron chi connectivity index (χ0n) is 9.74. The first-order chi connectivity index (χ1) is 8.13. The van der Waals surface area contributed by atoms with Crippen molar-refractivity contribution in [2.45, 2.75) is 6.92 Å². The van der Waals surface area contributed by atoms with E-state index in [2.05, 4.69) is 0 Å². The maximum Gasteiger partial charge on any atom is 0.254 e. The van der Waals surface area contributed by atoms with Crippen LogP contribution in [-0.4, -0.2) is 31.0 Å². The summed E-state index contributed by atoms with van der Waals surface area (Å²) in [6.45, 7) is 2.15. The largest absolute Gasteiger partial charge is 0.494 e. The fraction of sp³-hybridized carbons (Fsp3) is 0.333. The van der Waals surface area contributed by atoms with Crippen molar-refractivity contribution in [3.63, 3.8) is 0 Å². The number of hydrogen-bond donors (Lipinski definition) is 0. The van der Waals surface area contributed by atoms with E-state index in [9.17, 15) is 9.18 Å². The highest BCUT2D eigenvalue weighted by Gasteiger charge is 2.15. The molecule has 0 saturated carbocycles. The Morgan fingerprint density at radius 1 is 1.59 bits per heavy atom. The summed E-state index contributed by atoms with van der Waals surface area (Å²) in [7, 11) is 1.36. The third-order valence-corrected chi connectivity index (χ3v) is 2.33. The molecule has 5 heteroatoms. The molecule has 0 aromatic heterocycles. The van der Waals surface area contributed by atoms with Gasteiger partial charge in [0, 0.05) is 12.1 Å². The minimum Gasteiger partial charge on any atom is -0.494 e. The maximum atomic E-state index is 13.4. The van der Waals surface area contributed by atoms with E-state index >= 15 is 0 Å². The fourth-order valence-corrected chi connectivity index (χ4v) is 1.39. The first-order valence-corrected chi connectivity index (χ1v) is 5.13. The van der Waals surface area contributed by atoms with Gasteiger partial charge >= 0.3 is 0 Å². The molecule has 0 N–H and O–H groups in total. The molecule has 0 aliphatic rings. The summed E-state index contributed by atoms with van der Waals surface area (Å²) in [6.07, 6.45) is 0. The molecule has 1 aromatic rings. The van der Waals surface area contributed by atoms with Crippen LogP contribution in [0.1, 0.15) is 17.3 Å². The molecule has 0 radical (unpaired) electrons. The van der Waals surface area contributed by atoms with Crippen LogP contribution in [0.4, 0.5) is 4.39 Å². The number of carbonyl (C=O) groups is 1. The molecule has 1 aromatic carbocycles. The minimum absolute atomic E-state index is 0.0109. The van der Waals surface area contributed by atoms with Crippen LogP contribution >= 0.6 is 0 Å². The number of nitriles is 1. The highest BCUT2D eigenvalue weighted by atomic mass is 19.1. The Hall–Kier alpha value is -2.09. The molecule has 0 unspecified atom stereocenters. The first kappa shape index (κ1) is 13.0. The molecule has 0 saturated heterocycles. The van der Waals surface area contributed by atoms with Gasteiger partial charge in [0.15, 0.2) is 11.6 Å². The van der Waals surface area contributed by atoms with Crippen LogP contribution in [0, 0.1) is 17.1 Å². The Kier molecular flexibility index (Phi) is 4.46. The molecule has 4 nitrogen and oxygen atoms in total. The van der Waals surface area contributed by atoms with Gasteiger partial charge in [0.2, 0.25) is 0 Å². The number of halogens is 1. The quantitative estimate of drug-likeness (QED) is 0.749. The lowest BCUT2D eigenvalue weighted by molar-refractivity contribution is 0.0783. The van der Waals surface area contributed by atoms with E-state index in [-0.39, 0.29) is 23.8 Å². The van der Waals surface area contributed by atoms with E-state index in [0.29, 0.717) is 6.54 Å². The second-order valence-corrected chi connectivity index (χ2v) is 3.33. The molecule has 0 heterocycles. The second kappa shape index (κ2) is 5.85. The van der Waals surface area contributed by atoms with Crippen LogP contribution in [-0.2, 0) is 0 Å². The van der Waals surface area contributed by atoms with Gasteiger partial charge in [0.05, 0.1) is 13.2 Å². The second-order valence-electron chi connectivity index (χ2n) is 3.33. The van der Waals surface area contributed by atoms with Gasteiger partial charge < -0.3 is 9.64 Å². The number of methoxy groups -OCH3 is 1.